The number of anilines is 1. The monoisotopic (exact) mass is 492 g/mol. The third-order valence-electron chi connectivity index (χ3n) is 7.09. The number of aromatic amines is 1. The van der Waals surface area contributed by atoms with Crippen molar-refractivity contribution >= 4 is 28.7 Å². The van der Waals surface area contributed by atoms with Gasteiger partial charge in [0.1, 0.15) is 6.04 Å². The third kappa shape index (κ3) is 5.22. The van der Waals surface area contributed by atoms with Crippen molar-refractivity contribution in [3.63, 3.8) is 0 Å². The molecule has 0 spiro atoms. The molecule has 3 aromatic rings. The zero-order chi connectivity index (χ0) is 25.1. The van der Waals surface area contributed by atoms with E-state index in [1.54, 1.807) is 23.4 Å². The normalized spacial score (nSPS) is 17.3. The average molecular weight is 493 g/mol. The number of aryl methyl sites for hydroxylation is 1. The molecule has 10 heteroatoms. The predicted molar refractivity (Wildman–Crippen MR) is 136 cm³/mol. The second-order valence-corrected chi connectivity index (χ2v) is 9.57. The summed E-state index contributed by atoms with van der Waals surface area (Å²) in [7, 11) is 0. The maximum atomic E-state index is 13.7. The number of fused-ring (bicyclic) bond motifs is 1. The first kappa shape index (κ1) is 23.9. The van der Waals surface area contributed by atoms with Crippen molar-refractivity contribution < 1.29 is 14.0 Å². The molecule has 1 atom stereocenters. The number of oxazole rings is 1. The number of nitrogens with one attached hydrogen (secondary N) is 2. The Kier molecular flexibility index (Phi) is 6.92. The van der Waals surface area contributed by atoms with Crippen LogP contribution in [-0.2, 0) is 11.2 Å². The molecule has 36 heavy (non-hydrogen) atoms. The highest BCUT2D eigenvalue weighted by Crippen LogP contribution is 2.21. The van der Waals surface area contributed by atoms with Gasteiger partial charge in [0.05, 0.1) is 5.52 Å². The Morgan fingerprint density at radius 2 is 1.75 bits per heavy atom. The number of piperidine rings is 1. The van der Waals surface area contributed by atoms with E-state index >= 15 is 0 Å². The van der Waals surface area contributed by atoms with E-state index in [1.165, 1.54) is 0 Å². The van der Waals surface area contributed by atoms with Crippen LogP contribution in [0.25, 0.3) is 11.1 Å². The average Bonchev–Trinajstić information content (AvgIpc) is 3.29. The molecule has 4 heterocycles. The first-order valence-corrected chi connectivity index (χ1v) is 12.6. The molecule has 10 nitrogen and oxygen atoms in total. The highest BCUT2D eigenvalue weighted by Gasteiger charge is 2.31. The lowest BCUT2D eigenvalue weighted by Gasteiger charge is -2.38. The summed E-state index contributed by atoms with van der Waals surface area (Å²) in [5, 5.41) is 3.02. The van der Waals surface area contributed by atoms with Crippen molar-refractivity contribution in [1.29, 1.82) is 0 Å². The van der Waals surface area contributed by atoms with Crippen molar-refractivity contribution in [1.82, 2.24) is 25.1 Å². The number of pyridine rings is 1. The Morgan fingerprint density at radius 1 is 1.03 bits per heavy atom. The maximum Gasteiger partial charge on any atom is 0.417 e. The SMILES string of the molecule is Cc1cc(CC(NC(=O)N2CCCCC2)C(=O)N2CCN(c3ccncc3)CC2)cc2oc(=O)[nH]c12. The van der Waals surface area contributed by atoms with E-state index in [-0.39, 0.29) is 11.9 Å². The first-order chi connectivity index (χ1) is 17.5. The number of aromatic nitrogens is 2. The summed E-state index contributed by atoms with van der Waals surface area (Å²) >= 11 is 0. The van der Waals surface area contributed by atoms with E-state index in [0.29, 0.717) is 56.8 Å². The zero-order valence-corrected chi connectivity index (χ0v) is 20.5. The van der Waals surface area contributed by atoms with Crippen molar-refractivity contribution in [2.24, 2.45) is 0 Å². The quantitative estimate of drug-likeness (QED) is 0.565. The molecule has 2 aromatic heterocycles. The molecule has 0 bridgehead atoms. The van der Waals surface area contributed by atoms with Crippen molar-refractivity contribution in [3.8, 4) is 0 Å². The fourth-order valence-corrected chi connectivity index (χ4v) is 5.15. The largest absolute Gasteiger partial charge is 0.417 e. The molecule has 0 aliphatic carbocycles. The predicted octanol–water partition coefficient (Wildman–Crippen LogP) is 2.28. The van der Waals surface area contributed by atoms with Gasteiger partial charge in [0.15, 0.2) is 5.58 Å². The number of hydrogen-bond acceptors (Lipinski definition) is 6. The molecule has 2 aliphatic heterocycles. The fourth-order valence-electron chi connectivity index (χ4n) is 5.15. The molecule has 2 N–H and O–H groups in total. The van der Waals surface area contributed by atoms with E-state index in [4.69, 9.17) is 4.42 Å². The van der Waals surface area contributed by atoms with Crippen LogP contribution in [-0.4, -0.2) is 77.0 Å². The molecule has 2 aliphatic rings. The lowest BCUT2D eigenvalue weighted by atomic mass is 10.0. The third-order valence-corrected chi connectivity index (χ3v) is 7.09. The van der Waals surface area contributed by atoms with Gasteiger partial charge in [0, 0.05) is 63.8 Å². The number of nitrogens with zero attached hydrogens (tertiary/aromatic N) is 4. The van der Waals surface area contributed by atoms with Gasteiger partial charge >= 0.3 is 11.8 Å². The maximum absolute atomic E-state index is 13.7. The summed E-state index contributed by atoms with van der Waals surface area (Å²) in [6.45, 7) is 5.86. The van der Waals surface area contributed by atoms with Crippen LogP contribution in [0.15, 0.2) is 45.9 Å². The van der Waals surface area contributed by atoms with Crippen LogP contribution in [0.4, 0.5) is 10.5 Å². The number of carbonyl (C=O) groups is 2. The molecular weight excluding hydrogens is 460 g/mol. The van der Waals surface area contributed by atoms with Gasteiger partial charge in [-0.25, -0.2) is 9.59 Å². The van der Waals surface area contributed by atoms with Gasteiger partial charge in [0.25, 0.3) is 0 Å². The number of hydrogen-bond donors (Lipinski definition) is 2. The Morgan fingerprint density at radius 3 is 2.47 bits per heavy atom. The van der Waals surface area contributed by atoms with Gasteiger partial charge < -0.3 is 24.4 Å². The van der Waals surface area contributed by atoms with Crippen molar-refractivity contribution in [3.05, 3.63) is 58.3 Å². The van der Waals surface area contributed by atoms with E-state index in [1.807, 2.05) is 30.0 Å². The lowest BCUT2D eigenvalue weighted by Crippen LogP contribution is -2.57. The number of H-pyrrole nitrogens is 1. The fraction of sp³-hybridized carbons (Fsp3) is 0.462. The van der Waals surface area contributed by atoms with Crippen LogP contribution < -0.4 is 16.0 Å². The summed E-state index contributed by atoms with van der Waals surface area (Å²) in [6, 6.07) is 6.73. The molecule has 190 valence electrons. The van der Waals surface area contributed by atoms with Gasteiger partial charge in [-0.1, -0.05) is 6.07 Å². The summed E-state index contributed by atoms with van der Waals surface area (Å²) in [4.78, 5) is 51.1. The number of urea groups is 1. The standard InChI is InChI=1S/C26H32N6O4/c1-18-15-19(17-22-23(18)29-26(35)36-22)16-21(28-25(34)32-9-3-2-4-10-32)24(33)31-13-11-30(12-14-31)20-5-7-27-8-6-20/h5-8,15,17,21H,2-4,9-14,16H2,1H3,(H,28,34)(H,29,35). The molecule has 1 unspecified atom stereocenters. The molecule has 1 aromatic carbocycles. The molecule has 2 fully saturated rings. The van der Waals surface area contributed by atoms with E-state index in [9.17, 15) is 14.4 Å². The second kappa shape index (κ2) is 10.4. The number of likely N-dealkylation sites (tertiary alicyclic amines) is 1. The molecule has 3 amide bonds. The Balaban J connectivity index is 1.33. The van der Waals surface area contributed by atoms with Gasteiger partial charge in [-0.3, -0.25) is 14.8 Å². The van der Waals surface area contributed by atoms with E-state index in [2.05, 4.69) is 20.2 Å². The van der Waals surface area contributed by atoms with Crippen LogP contribution in [0.3, 0.4) is 0 Å². The van der Waals surface area contributed by atoms with Gasteiger partial charge in [0.2, 0.25) is 5.91 Å². The Labute approximate surface area is 209 Å². The number of carbonyl (C=O) groups excluding carboxylic acids is 2. The lowest BCUT2D eigenvalue weighted by molar-refractivity contribution is -0.133. The molecular formula is C26H32N6O4. The Bertz CT molecular complexity index is 1270. The minimum Gasteiger partial charge on any atom is -0.408 e. The van der Waals surface area contributed by atoms with Crippen LogP contribution in [0.2, 0.25) is 0 Å². The topological polar surface area (TPSA) is 115 Å². The number of amides is 3. The molecule has 0 saturated carbocycles. The van der Waals surface area contributed by atoms with Crippen LogP contribution in [0, 0.1) is 6.92 Å². The second-order valence-electron chi connectivity index (χ2n) is 9.57. The van der Waals surface area contributed by atoms with Crippen LogP contribution in [0.5, 0.6) is 0 Å². The van der Waals surface area contributed by atoms with E-state index < -0.39 is 11.8 Å². The minimum atomic E-state index is -0.714. The highest BCUT2D eigenvalue weighted by molar-refractivity contribution is 5.88. The summed E-state index contributed by atoms with van der Waals surface area (Å²) < 4.78 is 5.27. The number of piperazine rings is 1. The number of benzene rings is 1. The van der Waals surface area contributed by atoms with Crippen molar-refractivity contribution in [2.45, 2.75) is 38.6 Å². The number of rotatable bonds is 5. The summed E-state index contributed by atoms with van der Waals surface area (Å²) in [5.41, 5.74) is 3.87. The smallest absolute Gasteiger partial charge is 0.408 e. The zero-order valence-electron chi connectivity index (χ0n) is 20.5. The molecule has 5 rings (SSSR count). The van der Waals surface area contributed by atoms with Crippen LogP contribution >= 0.6 is 0 Å². The first-order valence-electron chi connectivity index (χ1n) is 12.6. The summed E-state index contributed by atoms with van der Waals surface area (Å²) in [6.07, 6.45) is 6.93. The molecule has 2 saturated heterocycles. The van der Waals surface area contributed by atoms with Crippen molar-refractivity contribution in [2.75, 3.05) is 44.2 Å². The van der Waals surface area contributed by atoms with Gasteiger partial charge in [-0.15, -0.1) is 0 Å². The van der Waals surface area contributed by atoms with Gasteiger partial charge in [-0.05, 0) is 55.5 Å². The molecule has 0 radical (unpaired) electrons. The van der Waals surface area contributed by atoms with Crippen LogP contribution in [0.1, 0.15) is 30.4 Å². The Hall–Kier alpha value is -3.82. The van der Waals surface area contributed by atoms with E-state index in [0.717, 1.165) is 36.1 Å². The minimum absolute atomic E-state index is 0.0944. The van der Waals surface area contributed by atoms with Gasteiger partial charge in [-0.2, -0.15) is 0 Å². The summed E-state index contributed by atoms with van der Waals surface area (Å²) in [5.74, 6) is -0.605. The highest BCUT2D eigenvalue weighted by atomic mass is 16.4.